The van der Waals surface area contributed by atoms with Crippen LogP contribution in [0.25, 0.3) is 0 Å². The molecule has 0 fully saturated rings. The first-order valence-electron chi connectivity index (χ1n) is 8.42. The topological polar surface area (TPSA) is 155 Å². The van der Waals surface area contributed by atoms with Crippen LogP contribution in [-0.2, 0) is 19.9 Å². The van der Waals surface area contributed by atoms with Crippen LogP contribution in [0.15, 0.2) is 27.9 Å². The van der Waals surface area contributed by atoms with Crippen LogP contribution >= 0.6 is 11.8 Å². The van der Waals surface area contributed by atoms with Crippen LogP contribution in [-0.4, -0.2) is 63.0 Å². The first-order valence-corrected chi connectivity index (χ1v) is 13.1. The molecule has 1 aromatic carbocycles. The fraction of sp³-hybridized carbons (Fsp3) is 0.400. The highest BCUT2D eigenvalue weighted by Crippen LogP contribution is 2.26. The van der Waals surface area contributed by atoms with Crippen LogP contribution in [0.3, 0.4) is 0 Å². The first-order chi connectivity index (χ1) is 14.4. The molecule has 172 valence electrons. The van der Waals surface area contributed by atoms with E-state index >= 15 is 0 Å². The third-order valence-electron chi connectivity index (χ3n) is 3.58. The molecule has 0 amide bonds. The molecule has 0 spiro atoms. The van der Waals surface area contributed by atoms with Crippen molar-refractivity contribution in [3.8, 4) is 0 Å². The van der Waals surface area contributed by atoms with Gasteiger partial charge >= 0.3 is 0 Å². The second-order valence-electron chi connectivity index (χ2n) is 6.15. The molecule has 0 atom stereocenters. The molecule has 2 aromatic rings. The van der Waals surface area contributed by atoms with Crippen molar-refractivity contribution in [3.05, 3.63) is 35.3 Å². The van der Waals surface area contributed by atoms with Gasteiger partial charge in [-0.2, -0.15) is 0 Å². The van der Waals surface area contributed by atoms with E-state index in [4.69, 9.17) is 5.41 Å². The number of alkyl halides is 2. The second-order valence-corrected chi connectivity index (χ2v) is 11.4. The van der Waals surface area contributed by atoms with Gasteiger partial charge < -0.3 is 5.32 Å². The molecule has 0 aliphatic rings. The molecule has 3 N–H and O–H groups in total. The predicted octanol–water partition coefficient (Wildman–Crippen LogP) is 1.64. The van der Waals surface area contributed by atoms with Crippen molar-refractivity contribution in [1.82, 2.24) is 15.0 Å². The molecule has 0 unspecified atom stereocenters. The summed E-state index contributed by atoms with van der Waals surface area (Å²) in [6.45, 7) is -0.0560. The van der Waals surface area contributed by atoms with Crippen LogP contribution < -0.4 is 10.0 Å². The number of anilines is 1. The number of hydrogen-bond donors (Lipinski definition) is 3. The maximum Gasteiger partial charge on any atom is 0.266 e. The number of thioether (sulfide) groups is 1. The zero-order chi connectivity index (χ0) is 23.2. The maximum absolute atomic E-state index is 13.4. The Bertz CT molecular complexity index is 1140. The van der Waals surface area contributed by atoms with Crippen molar-refractivity contribution < 1.29 is 34.6 Å². The summed E-state index contributed by atoms with van der Waals surface area (Å²) in [5, 5.41) is 17.8. The minimum absolute atomic E-state index is 0.0271. The number of aromatic nitrogens is 2. The van der Waals surface area contributed by atoms with E-state index in [9.17, 15) is 30.0 Å². The van der Waals surface area contributed by atoms with E-state index in [1.807, 2.05) is 0 Å². The summed E-state index contributed by atoms with van der Waals surface area (Å²) in [6.07, 6.45) is -2.10. The predicted molar refractivity (Wildman–Crippen MR) is 108 cm³/mol. The number of halogens is 3. The fourth-order valence-electron chi connectivity index (χ4n) is 2.10. The SMILES string of the molecule is CS(=O)(=O)CCS(=O)(=O)NCCSc1nonc1C(=N)Nc1ccc(F)c(C(F)F)c1. The van der Waals surface area contributed by atoms with Crippen molar-refractivity contribution in [1.29, 1.82) is 5.41 Å². The zero-order valence-corrected chi connectivity index (χ0v) is 18.4. The minimum Gasteiger partial charge on any atom is -0.339 e. The summed E-state index contributed by atoms with van der Waals surface area (Å²) in [4.78, 5) is 0. The molecule has 0 saturated carbocycles. The highest BCUT2D eigenvalue weighted by molar-refractivity contribution is 7.99. The molecular weight excluding hydrogens is 483 g/mol. The highest BCUT2D eigenvalue weighted by atomic mass is 32.2. The summed E-state index contributed by atoms with van der Waals surface area (Å²) >= 11 is 0.994. The van der Waals surface area contributed by atoms with Crippen LogP contribution in [0, 0.1) is 11.2 Å². The lowest BCUT2D eigenvalue weighted by Gasteiger charge is -2.09. The summed E-state index contributed by atoms with van der Waals surface area (Å²) in [6, 6.07) is 2.87. The van der Waals surface area contributed by atoms with Gasteiger partial charge in [0.05, 0.1) is 17.1 Å². The third-order valence-corrected chi connectivity index (χ3v) is 7.12. The van der Waals surface area contributed by atoms with E-state index in [2.05, 4.69) is 25.0 Å². The number of nitrogens with one attached hydrogen (secondary N) is 3. The molecular formula is C15H18F3N5O5S3. The average molecular weight is 502 g/mol. The summed E-state index contributed by atoms with van der Waals surface area (Å²) < 4.78 is 91.4. The van der Waals surface area contributed by atoms with Crippen molar-refractivity contribution in [2.75, 3.05) is 35.4 Å². The standard InChI is InChI=1S/C15H18F3N5O5S3/c1-30(24,25)6-7-31(26,27)20-4-5-29-15-12(22-28-23-15)14(19)21-9-2-3-11(16)10(8-9)13(17)18/h2-3,8,13,20H,4-7H2,1H3,(H2,19,21). The quantitative estimate of drug-likeness (QED) is 0.180. The summed E-state index contributed by atoms with van der Waals surface area (Å²) in [7, 11) is -7.21. The fourth-order valence-corrected chi connectivity index (χ4v) is 5.63. The molecule has 16 heteroatoms. The van der Waals surface area contributed by atoms with Crippen LogP contribution in [0.2, 0.25) is 0 Å². The second kappa shape index (κ2) is 10.4. The van der Waals surface area contributed by atoms with Crippen molar-refractivity contribution >= 4 is 43.1 Å². The Morgan fingerprint density at radius 3 is 2.58 bits per heavy atom. The van der Waals surface area contributed by atoms with E-state index in [0.29, 0.717) is 0 Å². The zero-order valence-electron chi connectivity index (χ0n) is 15.9. The Kier molecular flexibility index (Phi) is 8.44. The smallest absolute Gasteiger partial charge is 0.266 e. The van der Waals surface area contributed by atoms with Gasteiger partial charge in [-0.3, -0.25) is 5.41 Å². The van der Waals surface area contributed by atoms with E-state index in [0.717, 1.165) is 30.2 Å². The molecule has 1 heterocycles. The largest absolute Gasteiger partial charge is 0.339 e. The van der Waals surface area contributed by atoms with Gasteiger partial charge in [0.15, 0.2) is 16.6 Å². The Morgan fingerprint density at radius 1 is 1.23 bits per heavy atom. The summed E-state index contributed by atoms with van der Waals surface area (Å²) in [5.74, 6) is -2.36. The van der Waals surface area contributed by atoms with E-state index in [1.165, 1.54) is 6.07 Å². The van der Waals surface area contributed by atoms with Gasteiger partial charge in [-0.1, -0.05) is 11.8 Å². The molecule has 0 aliphatic carbocycles. The van der Waals surface area contributed by atoms with Crippen molar-refractivity contribution in [3.63, 3.8) is 0 Å². The Labute approximate surface area is 180 Å². The van der Waals surface area contributed by atoms with E-state index in [1.54, 1.807) is 0 Å². The maximum atomic E-state index is 13.4. The van der Waals surface area contributed by atoms with E-state index in [-0.39, 0.29) is 34.5 Å². The normalized spacial score (nSPS) is 12.3. The van der Waals surface area contributed by atoms with Crippen molar-refractivity contribution in [2.24, 2.45) is 0 Å². The van der Waals surface area contributed by atoms with Gasteiger partial charge in [0.2, 0.25) is 10.0 Å². The van der Waals surface area contributed by atoms with Gasteiger partial charge in [0.25, 0.3) is 6.43 Å². The third kappa shape index (κ3) is 8.12. The Hall–Kier alpha value is -2.17. The van der Waals surface area contributed by atoms with Crippen LogP contribution in [0.5, 0.6) is 0 Å². The Morgan fingerprint density at radius 2 is 1.94 bits per heavy atom. The minimum atomic E-state index is -3.79. The lowest BCUT2D eigenvalue weighted by atomic mass is 10.2. The number of rotatable bonds is 11. The lowest BCUT2D eigenvalue weighted by Crippen LogP contribution is -2.31. The molecule has 0 aliphatic heterocycles. The van der Waals surface area contributed by atoms with E-state index < -0.39 is 49.2 Å². The first kappa shape index (κ1) is 25.1. The number of amidine groups is 1. The number of hydrogen-bond acceptors (Lipinski definition) is 9. The molecule has 31 heavy (non-hydrogen) atoms. The van der Waals surface area contributed by atoms with Gasteiger partial charge in [0.1, 0.15) is 15.7 Å². The monoisotopic (exact) mass is 501 g/mol. The number of sulfonamides is 1. The molecule has 2 rings (SSSR count). The van der Waals surface area contributed by atoms with Gasteiger partial charge in [-0.25, -0.2) is 39.4 Å². The number of sulfone groups is 1. The number of nitrogens with zero attached hydrogens (tertiary/aromatic N) is 2. The van der Waals surface area contributed by atoms with Gasteiger partial charge in [-0.05, 0) is 28.5 Å². The molecule has 0 saturated heterocycles. The average Bonchev–Trinajstić information content (AvgIpc) is 3.13. The number of benzene rings is 1. The van der Waals surface area contributed by atoms with Crippen LogP contribution in [0.4, 0.5) is 18.9 Å². The highest BCUT2D eigenvalue weighted by Gasteiger charge is 2.19. The molecule has 1 aromatic heterocycles. The van der Waals surface area contributed by atoms with Crippen molar-refractivity contribution in [2.45, 2.75) is 11.5 Å². The van der Waals surface area contributed by atoms with Gasteiger partial charge in [-0.15, -0.1) is 0 Å². The molecule has 10 nitrogen and oxygen atoms in total. The Balaban J connectivity index is 1.93. The molecule has 0 radical (unpaired) electrons. The van der Waals surface area contributed by atoms with Crippen LogP contribution in [0.1, 0.15) is 17.7 Å². The van der Waals surface area contributed by atoms with Gasteiger partial charge in [0, 0.05) is 24.2 Å². The lowest BCUT2D eigenvalue weighted by molar-refractivity contribution is 0.146. The molecule has 0 bridgehead atoms. The summed E-state index contributed by atoms with van der Waals surface area (Å²) in [5.41, 5.74) is -0.860.